The lowest BCUT2D eigenvalue weighted by Crippen LogP contribution is -2.17. The molecule has 2 aromatic heterocycles. The van der Waals surface area contributed by atoms with Gasteiger partial charge in [0.1, 0.15) is 0 Å². The first-order valence-corrected chi connectivity index (χ1v) is 7.53. The molecule has 0 aliphatic carbocycles. The minimum Gasteiger partial charge on any atom is -0.286 e. The van der Waals surface area contributed by atoms with Gasteiger partial charge in [-0.2, -0.15) is 13.2 Å². The number of benzene rings is 1. The van der Waals surface area contributed by atoms with Crippen LogP contribution in [0.25, 0.3) is 5.69 Å². The third kappa shape index (κ3) is 3.13. The van der Waals surface area contributed by atoms with E-state index in [2.05, 4.69) is 10.3 Å². The lowest BCUT2D eigenvalue weighted by atomic mass is 10.2. The molecule has 3 aromatic rings. The van der Waals surface area contributed by atoms with Crippen LogP contribution in [0.5, 0.6) is 0 Å². The number of nitro groups is 1. The van der Waals surface area contributed by atoms with E-state index in [0.717, 1.165) is 35.6 Å². The number of hydrogen-bond donors (Lipinski definition) is 0. The van der Waals surface area contributed by atoms with Gasteiger partial charge in [-0.05, 0) is 23.6 Å². The van der Waals surface area contributed by atoms with Crippen LogP contribution in [-0.2, 0) is 6.18 Å². The highest BCUT2D eigenvalue weighted by molar-refractivity contribution is 7.12. The van der Waals surface area contributed by atoms with Crippen LogP contribution in [0.15, 0.2) is 41.8 Å². The number of nitro benzene ring substituents is 1. The fourth-order valence-electron chi connectivity index (χ4n) is 2.11. The molecule has 128 valence electrons. The SMILES string of the molecule is O=C(c1cccs1)c1nnn(-c2ccc([N+](=O)[O-])cc2)c1C(F)(F)F. The molecule has 0 spiro atoms. The third-order valence-electron chi connectivity index (χ3n) is 3.20. The Labute approximate surface area is 141 Å². The number of halogens is 3. The summed E-state index contributed by atoms with van der Waals surface area (Å²) in [6.07, 6.45) is -4.90. The molecule has 0 bridgehead atoms. The van der Waals surface area contributed by atoms with Gasteiger partial charge in [0.05, 0.1) is 15.5 Å². The normalized spacial score (nSPS) is 11.5. The Hall–Kier alpha value is -3.08. The largest absolute Gasteiger partial charge is 0.435 e. The second kappa shape index (κ2) is 6.09. The summed E-state index contributed by atoms with van der Waals surface area (Å²) in [4.78, 5) is 22.3. The van der Waals surface area contributed by atoms with E-state index >= 15 is 0 Å². The van der Waals surface area contributed by atoms with Gasteiger partial charge >= 0.3 is 6.18 Å². The molecule has 25 heavy (non-hydrogen) atoms. The van der Waals surface area contributed by atoms with Crippen molar-refractivity contribution in [3.8, 4) is 5.69 Å². The summed E-state index contributed by atoms with van der Waals surface area (Å²) >= 11 is 0.987. The molecule has 0 saturated heterocycles. The Morgan fingerprint density at radius 2 is 1.88 bits per heavy atom. The summed E-state index contributed by atoms with van der Waals surface area (Å²) in [5.41, 5.74) is -2.55. The molecule has 0 fully saturated rings. The zero-order valence-corrected chi connectivity index (χ0v) is 12.9. The summed E-state index contributed by atoms with van der Waals surface area (Å²) < 4.78 is 40.9. The zero-order valence-electron chi connectivity index (χ0n) is 12.1. The highest BCUT2D eigenvalue weighted by atomic mass is 32.1. The highest BCUT2D eigenvalue weighted by Gasteiger charge is 2.42. The van der Waals surface area contributed by atoms with Crippen LogP contribution in [0.1, 0.15) is 21.1 Å². The van der Waals surface area contributed by atoms with Crippen LogP contribution in [0, 0.1) is 10.1 Å². The number of hydrogen-bond acceptors (Lipinski definition) is 6. The van der Waals surface area contributed by atoms with Crippen molar-refractivity contribution in [2.24, 2.45) is 0 Å². The number of carbonyl (C=O) groups excluding carboxylic acids is 1. The van der Waals surface area contributed by atoms with Crippen LogP contribution in [-0.4, -0.2) is 25.7 Å². The topological polar surface area (TPSA) is 90.9 Å². The number of carbonyl (C=O) groups is 1. The molecule has 1 aromatic carbocycles. The van der Waals surface area contributed by atoms with Gasteiger partial charge in [-0.15, -0.1) is 16.4 Å². The van der Waals surface area contributed by atoms with Crippen LogP contribution < -0.4 is 0 Å². The standard InChI is InChI=1S/C14H7F3N4O3S/c15-14(16,17)13-11(12(22)10-2-1-7-25-10)18-19-20(13)8-3-5-9(6-4-8)21(23)24/h1-7H. The summed E-state index contributed by atoms with van der Waals surface area (Å²) in [6.45, 7) is 0. The minimum atomic E-state index is -4.90. The van der Waals surface area contributed by atoms with E-state index < -0.39 is 28.3 Å². The van der Waals surface area contributed by atoms with E-state index in [1.54, 1.807) is 5.38 Å². The van der Waals surface area contributed by atoms with E-state index in [1.807, 2.05) is 0 Å². The first-order valence-electron chi connectivity index (χ1n) is 6.65. The van der Waals surface area contributed by atoms with Crippen molar-refractivity contribution >= 4 is 22.8 Å². The number of nitrogens with zero attached hydrogens (tertiary/aromatic N) is 4. The zero-order chi connectivity index (χ0) is 18.2. The van der Waals surface area contributed by atoms with Gasteiger partial charge in [0.15, 0.2) is 11.4 Å². The molecule has 7 nitrogen and oxygen atoms in total. The Balaban J connectivity index is 2.12. The average molecular weight is 368 g/mol. The number of non-ortho nitro benzene ring substituents is 1. The molecule has 0 saturated carbocycles. The van der Waals surface area contributed by atoms with Crippen molar-refractivity contribution in [1.29, 1.82) is 0 Å². The molecule has 0 radical (unpaired) electrons. The fourth-order valence-corrected chi connectivity index (χ4v) is 2.77. The van der Waals surface area contributed by atoms with Crippen LogP contribution in [0.3, 0.4) is 0 Å². The van der Waals surface area contributed by atoms with Crippen molar-refractivity contribution in [1.82, 2.24) is 15.0 Å². The van der Waals surface area contributed by atoms with Gasteiger partial charge in [-0.3, -0.25) is 14.9 Å². The van der Waals surface area contributed by atoms with Gasteiger partial charge in [0, 0.05) is 12.1 Å². The third-order valence-corrected chi connectivity index (χ3v) is 4.07. The van der Waals surface area contributed by atoms with Crippen LogP contribution in [0.4, 0.5) is 18.9 Å². The maximum atomic E-state index is 13.5. The fraction of sp³-hybridized carbons (Fsp3) is 0.0714. The quantitative estimate of drug-likeness (QED) is 0.399. The van der Waals surface area contributed by atoms with Crippen LogP contribution >= 0.6 is 11.3 Å². The number of rotatable bonds is 4. The Morgan fingerprint density at radius 1 is 1.20 bits per heavy atom. The summed E-state index contributed by atoms with van der Waals surface area (Å²) in [5, 5.41) is 19.0. The maximum Gasteiger partial charge on any atom is 0.435 e. The molecule has 0 amide bonds. The predicted molar refractivity (Wildman–Crippen MR) is 80.8 cm³/mol. The van der Waals surface area contributed by atoms with Gasteiger partial charge in [-0.25, -0.2) is 4.68 Å². The van der Waals surface area contributed by atoms with Crippen molar-refractivity contribution in [2.45, 2.75) is 6.18 Å². The van der Waals surface area contributed by atoms with Crippen LogP contribution in [0.2, 0.25) is 0 Å². The molecular weight excluding hydrogens is 361 g/mol. The molecule has 0 atom stereocenters. The maximum absolute atomic E-state index is 13.5. The molecule has 11 heteroatoms. The van der Waals surface area contributed by atoms with Gasteiger partial charge in [0.25, 0.3) is 5.69 Å². The van der Waals surface area contributed by atoms with Crippen molar-refractivity contribution in [2.75, 3.05) is 0 Å². The first-order chi connectivity index (χ1) is 11.8. The second-order valence-corrected chi connectivity index (χ2v) is 5.72. The first kappa shape index (κ1) is 16.8. The molecule has 0 N–H and O–H groups in total. The molecule has 0 aliphatic heterocycles. The Kier molecular flexibility index (Phi) is 4.08. The number of ketones is 1. The summed E-state index contributed by atoms with van der Waals surface area (Å²) in [6, 6.07) is 7.20. The van der Waals surface area contributed by atoms with E-state index in [9.17, 15) is 28.1 Å². The van der Waals surface area contributed by atoms with Gasteiger partial charge in [0.2, 0.25) is 5.78 Å². The van der Waals surface area contributed by atoms with E-state index in [-0.39, 0.29) is 16.3 Å². The van der Waals surface area contributed by atoms with Gasteiger partial charge in [-0.1, -0.05) is 11.3 Å². The highest BCUT2D eigenvalue weighted by Crippen LogP contribution is 2.34. The smallest absolute Gasteiger partial charge is 0.286 e. The molecule has 0 aliphatic rings. The molecule has 0 unspecified atom stereocenters. The predicted octanol–water partition coefficient (Wildman–Crippen LogP) is 3.49. The molecule has 3 rings (SSSR count). The van der Waals surface area contributed by atoms with E-state index in [0.29, 0.717) is 4.68 Å². The monoisotopic (exact) mass is 368 g/mol. The van der Waals surface area contributed by atoms with E-state index in [1.165, 1.54) is 12.1 Å². The Bertz CT molecular complexity index is 933. The lowest BCUT2D eigenvalue weighted by Gasteiger charge is -2.10. The summed E-state index contributed by atoms with van der Waals surface area (Å²) in [5.74, 6) is -0.893. The van der Waals surface area contributed by atoms with Gasteiger partial charge < -0.3 is 0 Å². The second-order valence-electron chi connectivity index (χ2n) is 4.78. The molecule has 2 heterocycles. The number of alkyl halides is 3. The summed E-state index contributed by atoms with van der Waals surface area (Å²) in [7, 11) is 0. The average Bonchev–Trinajstić information content (AvgIpc) is 3.23. The lowest BCUT2D eigenvalue weighted by molar-refractivity contribution is -0.384. The van der Waals surface area contributed by atoms with Crippen molar-refractivity contribution in [3.05, 3.63) is 68.2 Å². The van der Waals surface area contributed by atoms with Crippen molar-refractivity contribution in [3.63, 3.8) is 0 Å². The minimum absolute atomic E-state index is 0.0984. The van der Waals surface area contributed by atoms with E-state index in [4.69, 9.17) is 0 Å². The number of aromatic nitrogens is 3. The molecular formula is C14H7F3N4O3S. The number of thiophene rings is 1. The van der Waals surface area contributed by atoms with Crippen molar-refractivity contribution < 1.29 is 22.9 Å². The Morgan fingerprint density at radius 3 is 2.40 bits per heavy atom.